The van der Waals surface area contributed by atoms with E-state index < -0.39 is 0 Å². The zero-order valence-electron chi connectivity index (χ0n) is 19.2. The highest BCUT2D eigenvalue weighted by atomic mass is 16.5. The molecule has 0 saturated carbocycles. The van der Waals surface area contributed by atoms with Gasteiger partial charge in [-0.2, -0.15) is 0 Å². The Morgan fingerprint density at radius 1 is 0.735 bits per heavy atom. The summed E-state index contributed by atoms with van der Waals surface area (Å²) in [5.41, 5.74) is 4.21. The van der Waals surface area contributed by atoms with Crippen molar-refractivity contribution in [3.05, 3.63) is 125 Å². The minimum absolute atomic E-state index is 0.0438. The molecule has 0 atom stereocenters. The van der Waals surface area contributed by atoms with Crippen LogP contribution in [-0.4, -0.2) is 10.9 Å². The molecule has 0 fully saturated rings. The number of Topliss-reactive ketones (excluding diaryl/α,β-unsaturated/α-hetero) is 1. The number of carbonyl (C=O) groups excluding carboxylic acids is 1. The van der Waals surface area contributed by atoms with Crippen molar-refractivity contribution in [2.75, 3.05) is 0 Å². The number of ketones is 1. The first kappa shape index (κ1) is 23.1. The van der Waals surface area contributed by atoms with Crippen LogP contribution < -0.4 is 9.47 Å². The maximum absolute atomic E-state index is 13.0. The third-order valence-corrected chi connectivity index (χ3v) is 5.55. The molecule has 34 heavy (non-hydrogen) atoms. The van der Waals surface area contributed by atoms with Gasteiger partial charge in [0.05, 0.1) is 0 Å². The Labute approximate surface area is 200 Å². The molecule has 0 amide bonds. The lowest BCUT2D eigenvalue weighted by molar-refractivity contribution is 0.0975. The van der Waals surface area contributed by atoms with Crippen molar-refractivity contribution in [3.8, 4) is 17.2 Å². The molecule has 4 aromatic carbocycles. The average molecular weight is 453 g/mol. The molecule has 0 aliphatic heterocycles. The van der Waals surface area contributed by atoms with E-state index in [9.17, 15) is 9.90 Å². The van der Waals surface area contributed by atoms with E-state index in [1.165, 1.54) is 0 Å². The van der Waals surface area contributed by atoms with E-state index in [2.05, 4.69) is 0 Å². The Morgan fingerprint density at radius 3 is 1.94 bits per heavy atom. The van der Waals surface area contributed by atoms with Gasteiger partial charge in [-0.05, 0) is 59.9 Å². The minimum atomic E-state index is -0.148. The summed E-state index contributed by atoms with van der Waals surface area (Å²) in [6, 6.07) is 30.9. The molecule has 4 nitrogen and oxygen atoms in total. The van der Waals surface area contributed by atoms with E-state index in [-0.39, 0.29) is 23.5 Å². The molecule has 4 rings (SSSR count). The number of aromatic hydroxyl groups is 1. The highest BCUT2D eigenvalue weighted by Gasteiger charge is 2.19. The number of rotatable bonds is 10. The Kier molecular flexibility index (Phi) is 7.61. The Balaban J connectivity index is 1.37. The monoisotopic (exact) mass is 452 g/mol. The zero-order chi connectivity index (χ0) is 23.8. The number of hydrogen-bond donors (Lipinski definition) is 1. The van der Waals surface area contributed by atoms with Crippen LogP contribution in [0, 0.1) is 6.92 Å². The highest BCUT2D eigenvalue weighted by Crippen LogP contribution is 2.32. The summed E-state index contributed by atoms with van der Waals surface area (Å²) in [4.78, 5) is 13.0. The second-order valence-electron chi connectivity index (χ2n) is 8.27. The normalized spacial score (nSPS) is 10.6. The van der Waals surface area contributed by atoms with E-state index >= 15 is 0 Å². The summed E-state index contributed by atoms with van der Waals surface area (Å²) < 4.78 is 11.8. The molecule has 0 spiro atoms. The van der Waals surface area contributed by atoms with Crippen LogP contribution in [0.5, 0.6) is 17.2 Å². The van der Waals surface area contributed by atoms with Crippen molar-refractivity contribution >= 4 is 5.78 Å². The molecule has 0 aliphatic rings. The molecule has 0 aliphatic carbocycles. The predicted molar refractivity (Wildman–Crippen MR) is 133 cm³/mol. The van der Waals surface area contributed by atoms with Crippen LogP contribution in [0.2, 0.25) is 0 Å². The summed E-state index contributed by atoms with van der Waals surface area (Å²) in [6.07, 6.45) is 0.825. The summed E-state index contributed by atoms with van der Waals surface area (Å²) in [5.74, 6) is 1.01. The lowest BCUT2D eigenvalue weighted by atomic mass is 10.00. The first-order valence-electron chi connectivity index (χ1n) is 11.4. The second kappa shape index (κ2) is 11.2. The SMILES string of the molecule is Cc1cc(O)c(C(=O)CCc2ccc(OCc3ccccc3)cc2)c(OCc2ccccc2)c1. The van der Waals surface area contributed by atoms with Crippen LogP contribution in [0.25, 0.3) is 0 Å². The third kappa shape index (κ3) is 6.26. The van der Waals surface area contributed by atoms with Gasteiger partial charge in [0.15, 0.2) is 5.78 Å². The summed E-state index contributed by atoms with van der Waals surface area (Å²) in [5, 5.41) is 10.5. The maximum Gasteiger partial charge on any atom is 0.170 e. The molecule has 172 valence electrons. The van der Waals surface area contributed by atoms with Crippen molar-refractivity contribution in [1.29, 1.82) is 0 Å². The van der Waals surface area contributed by atoms with Gasteiger partial charge in [0.2, 0.25) is 0 Å². The van der Waals surface area contributed by atoms with Crippen LogP contribution >= 0.6 is 0 Å². The van der Waals surface area contributed by atoms with E-state index in [0.29, 0.717) is 25.4 Å². The van der Waals surface area contributed by atoms with E-state index in [1.807, 2.05) is 91.9 Å². The topological polar surface area (TPSA) is 55.8 Å². The molecular weight excluding hydrogens is 424 g/mol. The van der Waals surface area contributed by atoms with Crippen LogP contribution in [-0.2, 0) is 19.6 Å². The Bertz CT molecular complexity index is 1220. The highest BCUT2D eigenvalue weighted by molar-refractivity contribution is 6.01. The van der Waals surface area contributed by atoms with Gasteiger partial charge in [-0.1, -0.05) is 72.8 Å². The van der Waals surface area contributed by atoms with Crippen LogP contribution in [0.3, 0.4) is 0 Å². The van der Waals surface area contributed by atoms with Gasteiger partial charge < -0.3 is 14.6 Å². The van der Waals surface area contributed by atoms with Crippen molar-refractivity contribution in [2.45, 2.75) is 33.0 Å². The quantitative estimate of drug-likeness (QED) is 0.273. The standard InChI is InChI=1S/C30H28O4/c1-22-18-28(32)30(29(19-22)34-21-25-10-6-3-7-11-25)27(31)17-14-23-12-15-26(16-13-23)33-20-24-8-4-2-5-9-24/h2-13,15-16,18-19,32H,14,17,20-21H2,1H3. The predicted octanol–water partition coefficient (Wildman–Crippen LogP) is 6.67. The Morgan fingerprint density at radius 2 is 1.32 bits per heavy atom. The molecule has 4 heteroatoms. The lowest BCUT2D eigenvalue weighted by Crippen LogP contribution is -2.07. The van der Waals surface area contributed by atoms with Gasteiger partial charge in [0, 0.05) is 6.42 Å². The van der Waals surface area contributed by atoms with Crippen LogP contribution in [0.1, 0.15) is 39.0 Å². The lowest BCUT2D eigenvalue weighted by Gasteiger charge is -2.14. The van der Waals surface area contributed by atoms with E-state index in [1.54, 1.807) is 12.1 Å². The molecule has 0 heterocycles. The summed E-state index contributed by atoms with van der Waals surface area (Å²) >= 11 is 0. The largest absolute Gasteiger partial charge is 0.507 e. The molecule has 0 bridgehead atoms. The number of aryl methyl sites for hydroxylation is 2. The molecular formula is C30H28O4. The Hall–Kier alpha value is -4.05. The summed E-state index contributed by atoms with van der Waals surface area (Å²) in [7, 11) is 0. The van der Waals surface area contributed by atoms with Gasteiger partial charge in [0.25, 0.3) is 0 Å². The third-order valence-electron chi connectivity index (χ3n) is 5.55. The van der Waals surface area contributed by atoms with Crippen molar-refractivity contribution in [1.82, 2.24) is 0 Å². The zero-order valence-corrected chi connectivity index (χ0v) is 19.2. The second-order valence-corrected chi connectivity index (χ2v) is 8.27. The minimum Gasteiger partial charge on any atom is -0.507 e. The summed E-state index contributed by atoms with van der Waals surface area (Å²) in [6.45, 7) is 2.70. The smallest absolute Gasteiger partial charge is 0.170 e. The first-order chi connectivity index (χ1) is 16.6. The molecule has 4 aromatic rings. The fraction of sp³-hybridized carbons (Fsp3) is 0.167. The van der Waals surface area contributed by atoms with E-state index in [0.717, 1.165) is 28.0 Å². The average Bonchev–Trinajstić information content (AvgIpc) is 2.86. The van der Waals surface area contributed by atoms with Gasteiger partial charge >= 0.3 is 0 Å². The van der Waals surface area contributed by atoms with Gasteiger partial charge in [0.1, 0.15) is 36.0 Å². The number of phenolic OH excluding ortho intramolecular Hbond substituents is 1. The number of phenols is 1. The van der Waals surface area contributed by atoms with Crippen LogP contribution in [0.4, 0.5) is 0 Å². The number of carbonyl (C=O) groups is 1. The van der Waals surface area contributed by atoms with Gasteiger partial charge in [-0.15, -0.1) is 0 Å². The number of benzene rings is 4. The van der Waals surface area contributed by atoms with Crippen molar-refractivity contribution < 1.29 is 19.4 Å². The number of hydrogen-bond acceptors (Lipinski definition) is 4. The fourth-order valence-corrected chi connectivity index (χ4v) is 3.74. The molecule has 0 aromatic heterocycles. The van der Waals surface area contributed by atoms with Gasteiger partial charge in [-0.25, -0.2) is 0 Å². The fourth-order valence-electron chi connectivity index (χ4n) is 3.74. The molecule has 0 saturated heterocycles. The maximum atomic E-state index is 13.0. The molecule has 0 radical (unpaired) electrons. The van der Waals surface area contributed by atoms with Gasteiger partial charge in [-0.3, -0.25) is 4.79 Å². The van der Waals surface area contributed by atoms with Crippen molar-refractivity contribution in [2.24, 2.45) is 0 Å². The first-order valence-corrected chi connectivity index (χ1v) is 11.4. The number of ether oxygens (including phenoxy) is 2. The molecule has 0 unspecified atom stereocenters. The molecule has 1 N–H and O–H groups in total. The van der Waals surface area contributed by atoms with Crippen molar-refractivity contribution in [3.63, 3.8) is 0 Å². The van der Waals surface area contributed by atoms with Crippen LogP contribution in [0.15, 0.2) is 97.1 Å². The van der Waals surface area contributed by atoms with E-state index in [4.69, 9.17) is 9.47 Å².